The molecule has 0 bridgehead atoms. The molecule has 0 aliphatic heterocycles. The topological polar surface area (TPSA) is 87.7 Å². The molecule has 1 amide bonds. The van der Waals surface area contributed by atoms with Crippen LogP contribution in [0.1, 0.15) is 48.0 Å². The number of sulfonamides is 1. The summed E-state index contributed by atoms with van der Waals surface area (Å²) in [6.45, 7) is 2.86. The number of nitrogens with one attached hydrogen (secondary N) is 2. The minimum Gasteiger partial charge on any atom is -0.492 e. The molecule has 1 saturated carbocycles. The molecule has 1 fully saturated rings. The third kappa shape index (κ3) is 6.75. The van der Waals surface area contributed by atoms with E-state index in [1.54, 1.807) is 13.0 Å². The van der Waals surface area contributed by atoms with Crippen molar-refractivity contribution in [1.82, 2.24) is 15.2 Å². The summed E-state index contributed by atoms with van der Waals surface area (Å²) >= 11 is 0. The maximum absolute atomic E-state index is 14.8. The Labute approximate surface area is 195 Å². The van der Waals surface area contributed by atoms with Gasteiger partial charge in [0.1, 0.15) is 18.2 Å². The normalized spacial score (nSPS) is 14.9. The van der Waals surface area contributed by atoms with Gasteiger partial charge >= 0.3 is 0 Å². The molecule has 2 aromatic rings. The molecular formula is C24H32FN3O4S. The molecule has 9 heteroatoms. The van der Waals surface area contributed by atoms with Crippen LogP contribution in [-0.4, -0.2) is 51.7 Å². The van der Waals surface area contributed by atoms with Crippen LogP contribution in [0.4, 0.5) is 4.39 Å². The molecule has 1 aliphatic carbocycles. The van der Waals surface area contributed by atoms with Crippen molar-refractivity contribution in [1.29, 1.82) is 0 Å². The molecule has 7 nitrogen and oxygen atoms in total. The van der Waals surface area contributed by atoms with Crippen LogP contribution >= 0.6 is 0 Å². The maximum atomic E-state index is 14.8. The van der Waals surface area contributed by atoms with Crippen molar-refractivity contribution >= 4 is 15.9 Å². The quantitative estimate of drug-likeness (QED) is 0.539. The van der Waals surface area contributed by atoms with Gasteiger partial charge in [-0.3, -0.25) is 10.2 Å². The number of benzene rings is 2. The Morgan fingerprint density at radius 2 is 1.85 bits per heavy atom. The fourth-order valence-electron chi connectivity index (χ4n) is 3.86. The number of hydrogen-bond donors (Lipinski definition) is 2. The SMILES string of the molecule is Cc1cc(-c2cccc(OCCN(C)C)c2)cc(C(=O)NNS(=O)(=O)C2CCCCC2)c1F. The zero-order valence-electron chi connectivity index (χ0n) is 19.4. The molecule has 2 aromatic carbocycles. The molecule has 180 valence electrons. The smallest absolute Gasteiger partial charge is 0.269 e. The van der Waals surface area contributed by atoms with Crippen molar-refractivity contribution < 1.29 is 22.3 Å². The van der Waals surface area contributed by atoms with Crippen molar-refractivity contribution in [3.8, 4) is 16.9 Å². The monoisotopic (exact) mass is 477 g/mol. The lowest BCUT2D eigenvalue weighted by molar-refractivity contribution is 0.0940. The molecule has 0 saturated heterocycles. The summed E-state index contributed by atoms with van der Waals surface area (Å²) in [6.07, 6.45) is 3.81. The lowest BCUT2D eigenvalue weighted by atomic mass is 9.99. The summed E-state index contributed by atoms with van der Waals surface area (Å²) in [4.78, 5) is 16.9. The van der Waals surface area contributed by atoms with E-state index in [9.17, 15) is 17.6 Å². The summed E-state index contributed by atoms with van der Waals surface area (Å²) < 4.78 is 45.5. The number of likely N-dealkylation sites (N-methyl/N-ethyl adjacent to an activating group) is 1. The number of hydrazine groups is 1. The van der Waals surface area contributed by atoms with E-state index in [1.807, 2.05) is 43.3 Å². The molecular weight excluding hydrogens is 445 g/mol. The zero-order chi connectivity index (χ0) is 24.0. The number of nitrogens with zero attached hydrogens (tertiary/aromatic N) is 1. The van der Waals surface area contributed by atoms with Gasteiger partial charge in [-0.25, -0.2) is 12.8 Å². The fraction of sp³-hybridized carbons (Fsp3) is 0.458. The van der Waals surface area contributed by atoms with Gasteiger partial charge in [-0.1, -0.05) is 31.4 Å². The Hall–Kier alpha value is -2.49. The lowest BCUT2D eigenvalue weighted by Gasteiger charge is -2.22. The third-order valence-corrected chi connectivity index (χ3v) is 7.51. The molecule has 0 aromatic heterocycles. The van der Waals surface area contributed by atoms with Crippen molar-refractivity contribution in [3.63, 3.8) is 0 Å². The van der Waals surface area contributed by atoms with Gasteiger partial charge in [0.2, 0.25) is 10.0 Å². The van der Waals surface area contributed by atoms with Gasteiger partial charge in [0, 0.05) is 6.54 Å². The predicted molar refractivity (Wildman–Crippen MR) is 127 cm³/mol. The molecule has 33 heavy (non-hydrogen) atoms. The van der Waals surface area contributed by atoms with E-state index in [2.05, 4.69) is 10.3 Å². The molecule has 0 heterocycles. The van der Waals surface area contributed by atoms with Crippen LogP contribution in [0.5, 0.6) is 5.75 Å². The molecule has 0 spiro atoms. The van der Waals surface area contributed by atoms with Gasteiger partial charge in [0.05, 0.1) is 10.8 Å². The van der Waals surface area contributed by atoms with Crippen molar-refractivity contribution in [2.75, 3.05) is 27.2 Å². The highest BCUT2D eigenvalue weighted by molar-refractivity contribution is 7.90. The number of halogens is 1. The van der Waals surface area contributed by atoms with E-state index < -0.39 is 27.0 Å². The summed E-state index contributed by atoms with van der Waals surface area (Å²) in [6, 6.07) is 10.4. The number of rotatable bonds is 9. The van der Waals surface area contributed by atoms with Crippen LogP contribution in [0, 0.1) is 12.7 Å². The Kier molecular flexibility index (Phi) is 8.45. The van der Waals surface area contributed by atoms with Crippen molar-refractivity contribution in [2.45, 2.75) is 44.3 Å². The Morgan fingerprint density at radius 1 is 1.12 bits per heavy atom. The van der Waals surface area contributed by atoms with E-state index in [4.69, 9.17) is 4.74 Å². The van der Waals surface area contributed by atoms with Crippen LogP contribution in [0.2, 0.25) is 0 Å². The van der Waals surface area contributed by atoms with Crippen LogP contribution in [0.15, 0.2) is 36.4 Å². The van der Waals surface area contributed by atoms with E-state index >= 15 is 0 Å². The van der Waals surface area contributed by atoms with Crippen LogP contribution in [-0.2, 0) is 10.0 Å². The third-order valence-electron chi connectivity index (χ3n) is 5.77. The van der Waals surface area contributed by atoms with E-state index in [0.717, 1.165) is 31.4 Å². The van der Waals surface area contributed by atoms with Gasteiger partial charge in [0.15, 0.2) is 0 Å². The highest BCUT2D eigenvalue weighted by Gasteiger charge is 2.28. The second kappa shape index (κ2) is 11.1. The van der Waals surface area contributed by atoms with Crippen LogP contribution in [0.25, 0.3) is 11.1 Å². The van der Waals surface area contributed by atoms with Crippen LogP contribution in [0.3, 0.4) is 0 Å². The van der Waals surface area contributed by atoms with Crippen molar-refractivity contribution in [2.24, 2.45) is 0 Å². The molecule has 0 atom stereocenters. The summed E-state index contributed by atoms with van der Waals surface area (Å²) in [5.41, 5.74) is 3.64. The number of carbonyl (C=O) groups excluding carboxylic acids is 1. The first-order valence-electron chi connectivity index (χ1n) is 11.2. The predicted octanol–water partition coefficient (Wildman–Crippen LogP) is 3.64. The molecule has 0 unspecified atom stereocenters. The fourth-order valence-corrected chi connectivity index (χ4v) is 5.21. The Bertz CT molecular complexity index is 1080. The highest BCUT2D eigenvalue weighted by atomic mass is 32.2. The first-order valence-corrected chi connectivity index (χ1v) is 12.7. The second-order valence-corrected chi connectivity index (χ2v) is 10.7. The Morgan fingerprint density at radius 3 is 2.55 bits per heavy atom. The van der Waals surface area contributed by atoms with Gasteiger partial charge in [-0.05, 0) is 74.8 Å². The van der Waals surface area contributed by atoms with Gasteiger partial charge in [-0.2, -0.15) is 0 Å². The maximum Gasteiger partial charge on any atom is 0.269 e. The average Bonchev–Trinajstić information content (AvgIpc) is 2.80. The number of carbonyl (C=O) groups is 1. The van der Waals surface area contributed by atoms with E-state index in [0.29, 0.717) is 30.8 Å². The number of ether oxygens (including phenoxy) is 1. The van der Waals surface area contributed by atoms with E-state index in [1.165, 1.54) is 6.07 Å². The minimum absolute atomic E-state index is 0.227. The average molecular weight is 478 g/mol. The van der Waals surface area contributed by atoms with Crippen LogP contribution < -0.4 is 15.0 Å². The van der Waals surface area contributed by atoms with Gasteiger partial charge in [0.25, 0.3) is 5.91 Å². The molecule has 2 N–H and O–H groups in total. The first kappa shape index (κ1) is 25.1. The largest absolute Gasteiger partial charge is 0.492 e. The lowest BCUT2D eigenvalue weighted by Crippen LogP contribution is -2.46. The number of hydrogen-bond acceptors (Lipinski definition) is 5. The standard InChI is InChI=1S/C24H32FN3O4S/c1-17-14-19(18-8-7-9-20(15-18)32-13-12-28(2)3)16-22(23(17)25)24(29)26-27-33(30,31)21-10-5-4-6-11-21/h7-9,14-16,21,27H,4-6,10-13H2,1-3H3,(H,26,29). The second-order valence-electron chi connectivity index (χ2n) is 8.70. The van der Waals surface area contributed by atoms with Crippen molar-refractivity contribution in [3.05, 3.63) is 53.3 Å². The summed E-state index contributed by atoms with van der Waals surface area (Å²) in [7, 11) is 0.206. The molecule has 1 aliphatic rings. The molecule has 0 radical (unpaired) electrons. The minimum atomic E-state index is -3.72. The zero-order valence-corrected chi connectivity index (χ0v) is 20.2. The van der Waals surface area contributed by atoms with Gasteiger partial charge in [-0.15, -0.1) is 4.83 Å². The van der Waals surface area contributed by atoms with E-state index in [-0.39, 0.29) is 11.1 Å². The Balaban J connectivity index is 1.76. The number of aryl methyl sites for hydroxylation is 1. The number of amides is 1. The first-order chi connectivity index (χ1) is 15.7. The summed E-state index contributed by atoms with van der Waals surface area (Å²) in [5.74, 6) is -0.857. The summed E-state index contributed by atoms with van der Waals surface area (Å²) in [5, 5.41) is -0.542. The molecule has 3 rings (SSSR count). The van der Waals surface area contributed by atoms with Gasteiger partial charge < -0.3 is 9.64 Å². The highest BCUT2D eigenvalue weighted by Crippen LogP contribution is 2.28.